The predicted octanol–water partition coefficient (Wildman–Crippen LogP) is 3.43. The van der Waals surface area contributed by atoms with E-state index in [1.807, 2.05) is 6.07 Å². The van der Waals surface area contributed by atoms with Gasteiger partial charge in [-0.2, -0.15) is 9.29 Å². The van der Waals surface area contributed by atoms with Crippen LogP contribution in [0.4, 0.5) is 0 Å². The molecule has 3 aromatic rings. The van der Waals surface area contributed by atoms with Gasteiger partial charge in [0.2, 0.25) is 27.6 Å². The predicted molar refractivity (Wildman–Crippen MR) is 126 cm³/mol. The van der Waals surface area contributed by atoms with Gasteiger partial charge in [-0.15, -0.1) is 0 Å². The molecule has 0 radical (unpaired) electrons. The number of ether oxygens (including phenoxy) is 1. The van der Waals surface area contributed by atoms with Crippen LogP contribution in [0.3, 0.4) is 0 Å². The Hall–Kier alpha value is -2.95. The summed E-state index contributed by atoms with van der Waals surface area (Å²) in [6.07, 6.45) is 2.18. The summed E-state index contributed by atoms with van der Waals surface area (Å²) < 4.78 is 37.8. The summed E-state index contributed by atoms with van der Waals surface area (Å²) in [6.45, 7) is 1.13. The summed E-state index contributed by atoms with van der Waals surface area (Å²) in [5, 5.41) is 7.22. The maximum Gasteiger partial charge on any atom is 0.246 e. The Morgan fingerprint density at radius 3 is 2.74 bits per heavy atom. The lowest BCUT2D eigenvalue weighted by Crippen LogP contribution is -2.28. The third-order valence-electron chi connectivity index (χ3n) is 5.56. The number of methoxy groups -OCH3 is 1. The molecule has 34 heavy (non-hydrogen) atoms. The maximum absolute atomic E-state index is 12.9. The molecule has 1 fully saturated rings. The van der Waals surface area contributed by atoms with Crippen molar-refractivity contribution in [3.63, 3.8) is 0 Å². The van der Waals surface area contributed by atoms with E-state index in [1.54, 1.807) is 36.4 Å². The van der Waals surface area contributed by atoms with Crippen molar-refractivity contribution in [3.05, 3.63) is 58.9 Å². The van der Waals surface area contributed by atoms with Crippen molar-refractivity contribution in [1.82, 2.24) is 19.8 Å². The van der Waals surface area contributed by atoms with Crippen LogP contribution in [0.15, 0.2) is 51.9 Å². The summed E-state index contributed by atoms with van der Waals surface area (Å²) in [4.78, 5) is 16.9. The van der Waals surface area contributed by atoms with E-state index in [0.717, 1.165) is 12.8 Å². The van der Waals surface area contributed by atoms with Gasteiger partial charge >= 0.3 is 0 Å². The highest BCUT2D eigenvalue weighted by atomic mass is 35.5. The Morgan fingerprint density at radius 1 is 1.21 bits per heavy atom. The number of carbonyl (C=O) groups excluding carboxylic acids is 1. The van der Waals surface area contributed by atoms with Gasteiger partial charge in [0.25, 0.3) is 0 Å². The van der Waals surface area contributed by atoms with E-state index in [4.69, 9.17) is 20.9 Å². The van der Waals surface area contributed by atoms with E-state index in [9.17, 15) is 13.2 Å². The number of hydrogen-bond acceptors (Lipinski definition) is 7. The van der Waals surface area contributed by atoms with Crippen molar-refractivity contribution in [2.75, 3.05) is 20.2 Å². The highest BCUT2D eigenvalue weighted by Gasteiger charge is 2.27. The van der Waals surface area contributed by atoms with E-state index < -0.39 is 10.0 Å². The largest absolute Gasteiger partial charge is 0.496 e. The second-order valence-corrected chi connectivity index (χ2v) is 10.3. The number of aromatic nitrogens is 2. The van der Waals surface area contributed by atoms with Gasteiger partial charge in [0.1, 0.15) is 5.75 Å². The van der Waals surface area contributed by atoms with Crippen LogP contribution in [0.1, 0.15) is 30.7 Å². The molecule has 0 spiro atoms. The first kappa shape index (κ1) is 24.2. The normalized spacial score (nSPS) is 14.3. The Labute approximate surface area is 203 Å². The Balaban J connectivity index is 1.36. The van der Waals surface area contributed by atoms with Crippen LogP contribution in [0, 0.1) is 0 Å². The first-order chi connectivity index (χ1) is 16.4. The monoisotopic (exact) mass is 504 g/mol. The number of halogens is 1. The molecule has 0 atom stereocenters. The molecule has 0 aliphatic carbocycles. The fourth-order valence-corrected chi connectivity index (χ4v) is 5.53. The van der Waals surface area contributed by atoms with E-state index in [0.29, 0.717) is 47.2 Å². The molecular formula is C23H25ClN4O5S. The molecule has 0 saturated carbocycles. The van der Waals surface area contributed by atoms with Crippen molar-refractivity contribution in [2.24, 2.45) is 0 Å². The topological polar surface area (TPSA) is 115 Å². The minimum atomic E-state index is -3.55. The first-order valence-electron chi connectivity index (χ1n) is 10.9. The molecule has 1 saturated heterocycles. The number of benzene rings is 2. The summed E-state index contributed by atoms with van der Waals surface area (Å²) in [5.74, 6) is 0.945. The number of carbonyl (C=O) groups is 1. The van der Waals surface area contributed by atoms with Gasteiger partial charge in [0, 0.05) is 30.1 Å². The molecule has 4 rings (SSSR count). The summed E-state index contributed by atoms with van der Waals surface area (Å²) in [7, 11) is -2.04. The lowest BCUT2D eigenvalue weighted by Gasteiger charge is -2.17. The number of aryl methyl sites for hydroxylation is 1. The van der Waals surface area contributed by atoms with Gasteiger partial charge in [-0.3, -0.25) is 4.79 Å². The van der Waals surface area contributed by atoms with Crippen LogP contribution in [0.25, 0.3) is 11.4 Å². The van der Waals surface area contributed by atoms with Gasteiger partial charge in [0.15, 0.2) is 0 Å². The molecule has 1 aliphatic heterocycles. The molecule has 2 heterocycles. The molecular weight excluding hydrogens is 480 g/mol. The molecule has 11 heteroatoms. The number of nitrogens with one attached hydrogen (secondary N) is 1. The maximum atomic E-state index is 12.9. The van der Waals surface area contributed by atoms with E-state index in [1.165, 1.54) is 11.4 Å². The van der Waals surface area contributed by atoms with Crippen LogP contribution in [0.2, 0.25) is 5.02 Å². The number of sulfonamides is 1. The smallest absolute Gasteiger partial charge is 0.246 e. The molecule has 180 valence electrons. The van der Waals surface area contributed by atoms with E-state index in [-0.39, 0.29) is 29.7 Å². The Kier molecular flexibility index (Phi) is 7.50. The fraction of sp³-hybridized carbons (Fsp3) is 0.348. The van der Waals surface area contributed by atoms with Gasteiger partial charge in [0.05, 0.1) is 18.6 Å². The third-order valence-corrected chi connectivity index (χ3v) is 7.69. The second-order valence-electron chi connectivity index (χ2n) is 7.88. The SMILES string of the molecule is COc1ccc(S(=O)(=O)N2CCCC2)cc1CCC(=O)NCc1nc(-c2cccc(Cl)c2)no1. The van der Waals surface area contributed by atoms with Crippen LogP contribution in [-0.2, 0) is 27.8 Å². The van der Waals surface area contributed by atoms with E-state index in [2.05, 4.69) is 15.5 Å². The molecule has 0 bridgehead atoms. The number of nitrogens with zero attached hydrogens (tertiary/aromatic N) is 3. The van der Waals surface area contributed by atoms with Gasteiger partial charge in [-0.05, 0) is 55.2 Å². The zero-order valence-electron chi connectivity index (χ0n) is 18.7. The minimum Gasteiger partial charge on any atom is -0.496 e. The summed E-state index contributed by atoms with van der Waals surface area (Å²) >= 11 is 5.99. The molecule has 1 N–H and O–H groups in total. The lowest BCUT2D eigenvalue weighted by atomic mass is 10.1. The van der Waals surface area contributed by atoms with Crippen LogP contribution in [-0.4, -0.2) is 49.0 Å². The lowest BCUT2D eigenvalue weighted by molar-refractivity contribution is -0.121. The van der Waals surface area contributed by atoms with Crippen molar-refractivity contribution in [2.45, 2.75) is 37.1 Å². The third kappa shape index (κ3) is 5.57. The molecule has 0 unspecified atom stereocenters. The molecule has 1 amide bonds. The molecule has 1 aromatic heterocycles. The second kappa shape index (κ2) is 10.5. The van der Waals surface area contributed by atoms with Crippen LogP contribution < -0.4 is 10.1 Å². The van der Waals surface area contributed by atoms with Gasteiger partial charge < -0.3 is 14.6 Å². The average Bonchev–Trinajstić information content (AvgIpc) is 3.54. The Bertz CT molecular complexity index is 1270. The van der Waals surface area contributed by atoms with Crippen LogP contribution in [0.5, 0.6) is 5.75 Å². The van der Waals surface area contributed by atoms with Crippen molar-refractivity contribution >= 4 is 27.5 Å². The number of rotatable bonds is 9. The number of hydrogen-bond donors (Lipinski definition) is 1. The molecule has 9 nitrogen and oxygen atoms in total. The molecule has 2 aromatic carbocycles. The summed E-state index contributed by atoms with van der Waals surface area (Å²) in [5.41, 5.74) is 1.36. The molecule has 1 aliphatic rings. The van der Waals surface area contributed by atoms with Crippen molar-refractivity contribution in [1.29, 1.82) is 0 Å². The highest BCUT2D eigenvalue weighted by Crippen LogP contribution is 2.27. The number of amides is 1. The zero-order chi connectivity index (χ0) is 24.1. The van der Waals surface area contributed by atoms with Gasteiger partial charge in [-0.1, -0.05) is 28.9 Å². The first-order valence-corrected chi connectivity index (χ1v) is 12.7. The van der Waals surface area contributed by atoms with Crippen LogP contribution >= 0.6 is 11.6 Å². The van der Waals surface area contributed by atoms with Crippen molar-refractivity contribution < 1.29 is 22.5 Å². The van der Waals surface area contributed by atoms with Crippen molar-refractivity contribution in [3.8, 4) is 17.1 Å². The van der Waals surface area contributed by atoms with Gasteiger partial charge in [-0.25, -0.2) is 8.42 Å². The fourth-order valence-electron chi connectivity index (χ4n) is 3.77. The highest BCUT2D eigenvalue weighted by molar-refractivity contribution is 7.89. The Morgan fingerprint density at radius 2 is 2.00 bits per heavy atom. The standard InChI is InChI=1S/C23H25ClN4O5S/c1-32-20-9-8-19(34(30,31)28-11-2-3-12-28)14-16(20)7-10-21(29)25-15-22-26-23(27-33-22)17-5-4-6-18(24)13-17/h4-6,8-9,13-14H,2-3,7,10-12,15H2,1H3,(H,25,29). The average molecular weight is 505 g/mol. The quantitative estimate of drug-likeness (QED) is 0.474. The zero-order valence-corrected chi connectivity index (χ0v) is 20.2. The van der Waals surface area contributed by atoms with E-state index >= 15 is 0 Å². The summed E-state index contributed by atoms with van der Waals surface area (Å²) in [6, 6.07) is 11.8. The minimum absolute atomic E-state index is 0.0763.